The number of nitrogens with two attached hydrogens (primary N) is 1. The second-order valence-electron chi connectivity index (χ2n) is 5.05. The number of nitrogens with one attached hydrogen (secondary N) is 1. The summed E-state index contributed by atoms with van der Waals surface area (Å²) in [5.41, 5.74) is 8.17. The van der Waals surface area contributed by atoms with E-state index >= 15 is 0 Å². The first-order chi connectivity index (χ1) is 11.7. The first-order valence-electron chi connectivity index (χ1n) is 7.17. The minimum absolute atomic E-state index is 0.247. The predicted octanol–water partition coefficient (Wildman–Crippen LogP) is 2.68. The molecule has 7 nitrogen and oxygen atoms in total. The molecule has 8 heteroatoms. The quantitative estimate of drug-likeness (QED) is 0.602. The van der Waals surface area contributed by atoms with E-state index in [0.717, 1.165) is 11.0 Å². The number of rotatable bonds is 3. The van der Waals surface area contributed by atoms with Crippen LogP contribution in [-0.4, -0.2) is 25.0 Å². The van der Waals surface area contributed by atoms with Crippen molar-refractivity contribution in [3.8, 4) is 5.82 Å². The molecule has 0 saturated heterocycles. The Morgan fingerprint density at radius 2 is 1.79 bits per heavy atom. The lowest BCUT2D eigenvalue weighted by molar-refractivity contribution is 0.632. The molecule has 0 unspecified atom stereocenters. The van der Waals surface area contributed by atoms with Crippen LogP contribution < -0.4 is 11.1 Å². The van der Waals surface area contributed by atoms with E-state index in [1.54, 1.807) is 18.2 Å². The molecule has 0 bridgehead atoms. The minimum Gasteiger partial charge on any atom is -0.393 e. The van der Waals surface area contributed by atoms with Crippen LogP contribution in [0.15, 0.2) is 54.9 Å². The third-order valence-corrected chi connectivity index (χ3v) is 3.54. The molecule has 24 heavy (non-hydrogen) atoms. The molecule has 2 aromatic heterocycles. The Balaban J connectivity index is 1.80. The third-order valence-electron chi connectivity index (χ3n) is 3.54. The summed E-state index contributed by atoms with van der Waals surface area (Å²) in [5.74, 6) is 0.269. The Morgan fingerprint density at radius 3 is 2.67 bits per heavy atom. The summed E-state index contributed by atoms with van der Waals surface area (Å²) in [6.07, 6.45) is 1.34. The SMILES string of the molecule is Nc1c(Nc2ccccc2F)ncnc1-n1nnc2ccccc21. The van der Waals surface area contributed by atoms with Crippen molar-refractivity contribution < 1.29 is 4.39 Å². The van der Waals surface area contributed by atoms with E-state index < -0.39 is 5.82 Å². The second kappa shape index (κ2) is 5.58. The molecule has 0 atom stereocenters. The molecule has 0 radical (unpaired) electrons. The topological polar surface area (TPSA) is 94.5 Å². The molecule has 0 aliphatic carbocycles. The van der Waals surface area contributed by atoms with Gasteiger partial charge in [0.25, 0.3) is 0 Å². The van der Waals surface area contributed by atoms with Crippen LogP contribution in [0, 0.1) is 5.82 Å². The van der Waals surface area contributed by atoms with Crippen LogP contribution in [0.5, 0.6) is 0 Å². The Kier molecular flexibility index (Phi) is 3.27. The zero-order valence-electron chi connectivity index (χ0n) is 12.4. The maximum Gasteiger partial charge on any atom is 0.184 e. The normalized spacial score (nSPS) is 10.9. The van der Waals surface area contributed by atoms with E-state index in [4.69, 9.17) is 5.73 Å². The number of anilines is 3. The van der Waals surface area contributed by atoms with Gasteiger partial charge in [0.2, 0.25) is 0 Å². The Hall–Kier alpha value is -3.55. The fourth-order valence-corrected chi connectivity index (χ4v) is 2.37. The summed E-state index contributed by atoms with van der Waals surface area (Å²) in [4.78, 5) is 8.28. The van der Waals surface area contributed by atoms with E-state index in [1.165, 1.54) is 17.1 Å². The number of aromatic nitrogens is 5. The molecule has 118 valence electrons. The van der Waals surface area contributed by atoms with Crippen LogP contribution in [0.2, 0.25) is 0 Å². The molecule has 0 saturated carbocycles. The van der Waals surface area contributed by atoms with E-state index in [0.29, 0.717) is 11.6 Å². The summed E-state index contributed by atoms with van der Waals surface area (Å²) in [7, 11) is 0. The van der Waals surface area contributed by atoms with Gasteiger partial charge >= 0.3 is 0 Å². The maximum atomic E-state index is 13.8. The van der Waals surface area contributed by atoms with Crippen molar-refractivity contribution >= 4 is 28.2 Å². The van der Waals surface area contributed by atoms with E-state index in [1.807, 2.05) is 24.3 Å². The Morgan fingerprint density at radius 1 is 1.00 bits per heavy atom. The average Bonchev–Trinajstić information content (AvgIpc) is 3.03. The highest BCUT2D eigenvalue weighted by atomic mass is 19.1. The van der Waals surface area contributed by atoms with Gasteiger partial charge in [-0.1, -0.05) is 29.5 Å². The van der Waals surface area contributed by atoms with Crippen molar-refractivity contribution in [2.45, 2.75) is 0 Å². The number of nitrogens with zero attached hydrogens (tertiary/aromatic N) is 5. The van der Waals surface area contributed by atoms with E-state index in [2.05, 4.69) is 25.6 Å². The molecule has 2 aromatic carbocycles. The van der Waals surface area contributed by atoms with Crippen LogP contribution in [0.3, 0.4) is 0 Å². The van der Waals surface area contributed by atoms with Crippen LogP contribution in [0.1, 0.15) is 0 Å². The van der Waals surface area contributed by atoms with Gasteiger partial charge in [0.05, 0.1) is 11.2 Å². The Bertz CT molecular complexity index is 1030. The Labute approximate surface area is 136 Å². The van der Waals surface area contributed by atoms with Gasteiger partial charge in [-0.15, -0.1) is 5.10 Å². The number of fused-ring (bicyclic) bond motifs is 1. The van der Waals surface area contributed by atoms with Gasteiger partial charge in [-0.05, 0) is 24.3 Å². The number of halogens is 1. The van der Waals surface area contributed by atoms with E-state index in [-0.39, 0.29) is 11.4 Å². The second-order valence-corrected chi connectivity index (χ2v) is 5.05. The number of hydrogen-bond donors (Lipinski definition) is 2. The number of nitrogen functional groups attached to an aromatic ring is 1. The fraction of sp³-hybridized carbons (Fsp3) is 0. The van der Waals surface area contributed by atoms with Gasteiger partial charge in [0.15, 0.2) is 11.6 Å². The highest BCUT2D eigenvalue weighted by molar-refractivity contribution is 5.80. The monoisotopic (exact) mass is 321 g/mol. The smallest absolute Gasteiger partial charge is 0.184 e. The maximum absolute atomic E-state index is 13.8. The predicted molar refractivity (Wildman–Crippen MR) is 88.6 cm³/mol. The largest absolute Gasteiger partial charge is 0.393 e. The van der Waals surface area contributed by atoms with Gasteiger partial charge in [-0.2, -0.15) is 4.68 Å². The lowest BCUT2D eigenvalue weighted by Gasteiger charge is -2.11. The van der Waals surface area contributed by atoms with E-state index in [9.17, 15) is 4.39 Å². The molecule has 0 amide bonds. The number of para-hydroxylation sites is 2. The van der Waals surface area contributed by atoms with Crippen LogP contribution in [-0.2, 0) is 0 Å². The first kappa shape index (κ1) is 14.1. The molecule has 2 heterocycles. The molecule has 4 rings (SSSR count). The van der Waals surface area contributed by atoms with Crippen molar-refractivity contribution in [2.75, 3.05) is 11.1 Å². The van der Waals surface area contributed by atoms with Crippen molar-refractivity contribution in [2.24, 2.45) is 0 Å². The minimum atomic E-state index is -0.400. The highest BCUT2D eigenvalue weighted by Gasteiger charge is 2.15. The standard InChI is InChI=1S/C16H12FN7/c17-10-5-1-2-6-11(10)21-15-14(18)16(20-9-19-15)24-13-8-4-3-7-12(13)22-23-24/h1-9H,18H2,(H,19,20,21). The summed E-state index contributed by atoms with van der Waals surface area (Å²) in [6.45, 7) is 0. The molecule has 0 aliphatic heterocycles. The molecule has 0 aliphatic rings. The van der Waals surface area contributed by atoms with Crippen molar-refractivity contribution in [3.63, 3.8) is 0 Å². The molecule has 0 fully saturated rings. The van der Waals surface area contributed by atoms with Gasteiger partial charge in [-0.3, -0.25) is 0 Å². The van der Waals surface area contributed by atoms with Gasteiger partial charge in [0.1, 0.15) is 23.3 Å². The summed E-state index contributed by atoms with van der Waals surface area (Å²) < 4.78 is 15.3. The van der Waals surface area contributed by atoms with Crippen molar-refractivity contribution in [1.82, 2.24) is 25.0 Å². The van der Waals surface area contributed by atoms with Crippen LogP contribution >= 0.6 is 0 Å². The molecule has 3 N–H and O–H groups in total. The van der Waals surface area contributed by atoms with Gasteiger partial charge in [-0.25, -0.2) is 14.4 Å². The summed E-state index contributed by atoms with van der Waals surface area (Å²) in [5, 5.41) is 11.0. The van der Waals surface area contributed by atoms with Crippen molar-refractivity contribution in [3.05, 3.63) is 60.7 Å². The van der Waals surface area contributed by atoms with Crippen molar-refractivity contribution in [1.29, 1.82) is 0 Å². The number of hydrogen-bond acceptors (Lipinski definition) is 6. The summed E-state index contributed by atoms with van der Waals surface area (Å²) >= 11 is 0. The first-order valence-corrected chi connectivity index (χ1v) is 7.17. The zero-order chi connectivity index (χ0) is 16.5. The van der Waals surface area contributed by atoms with Crippen LogP contribution in [0.4, 0.5) is 21.6 Å². The molecule has 0 spiro atoms. The average molecular weight is 321 g/mol. The molecule has 4 aromatic rings. The van der Waals surface area contributed by atoms with Crippen LogP contribution in [0.25, 0.3) is 16.9 Å². The molecular weight excluding hydrogens is 309 g/mol. The number of benzene rings is 2. The zero-order valence-corrected chi connectivity index (χ0v) is 12.4. The van der Waals surface area contributed by atoms with Gasteiger partial charge < -0.3 is 11.1 Å². The fourth-order valence-electron chi connectivity index (χ4n) is 2.37. The van der Waals surface area contributed by atoms with Gasteiger partial charge in [0, 0.05) is 0 Å². The highest BCUT2D eigenvalue weighted by Crippen LogP contribution is 2.27. The lowest BCUT2D eigenvalue weighted by atomic mass is 10.3. The third kappa shape index (κ3) is 2.30. The lowest BCUT2D eigenvalue weighted by Crippen LogP contribution is -2.09. The molecular formula is C16H12FN7. The summed E-state index contributed by atoms with van der Waals surface area (Å²) in [6, 6.07) is 13.7.